The molecule has 3 fully saturated rings. The lowest BCUT2D eigenvalue weighted by atomic mass is 10.1. The monoisotopic (exact) mass is 319 g/mol. The Morgan fingerprint density at radius 2 is 1.14 bits per heavy atom. The fraction of sp³-hybridized carbons (Fsp3) is 0.615. The summed E-state index contributed by atoms with van der Waals surface area (Å²) in [7, 11) is 0. The van der Waals surface area contributed by atoms with Gasteiger partial charge in [0.1, 0.15) is 0 Å². The molecule has 9 heteroatoms. The van der Waals surface area contributed by atoms with Crippen molar-refractivity contribution in [3.8, 4) is 0 Å². The summed E-state index contributed by atoms with van der Waals surface area (Å²) in [6.07, 6.45) is 2.56. The van der Waals surface area contributed by atoms with Crippen molar-refractivity contribution >= 4 is 30.0 Å². The summed E-state index contributed by atoms with van der Waals surface area (Å²) < 4.78 is 13.9. The van der Waals surface area contributed by atoms with Crippen LogP contribution >= 0.6 is 0 Å². The van der Waals surface area contributed by atoms with Gasteiger partial charge in [0.2, 0.25) is 0 Å². The van der Waals surface area contributed by atoms with E-state index in [1.54, 1.807) is 0 Å². The number of ether oxygens (including phenoxy) is 3. The summed E-state index contributed by atoms with van der Waals surface area (Å²) >= 11 is 0. The zero-order chi connectivity index (χ0) is 15.9. The predicted octanol–water partition coefficient (Wildman–Crippen LogP) is 0.505. The maximum absolute atomic E-state index is 10.7. The number of rotatable bonds is 0. The maximum atomic E-state index is 10.7. The summed E-state index contributed by atoms with van der Waals surface area (Å²) in [5.74, 6) is -2.19. The highest BCUT2D eigenvalue weighted by Crippen LogP contribution is 2.37. The van der Waals surface area contributed by atoms with Gasteiger partial charge in [-0.05, 0) is 0 Å². The van der Waals surface area contributed by atoms with Crippen molar-refractivity contribution < 1.29 is 44.4 Å². The van der Waals surface area contributed by atoms with Crippen molar-refractivity contribution in [2.45, 2.75) is 51.7 Å². The minimum Gasteiger partial charge on any atom is -0.422 e. The minimum atomic E-state index is -0.867. The Kier molecular flexibility index (Phi) is 7.68. The van der Waals surface area contributed by atoms with Crippen LogP contribution in [0.5, 0.6) is 0 Å². The average Bonchev–Trinajstić information content (AvgIpc) is 3.06. The molecule has 9 nitrogen and oxygen atoms in total. The molecule has 124 valence electrons. The van der Waals surface area contributed by atoms with Gasteiger partial charge in [0.05, 0.1) is 25.7 Å². The lowest BCUT2D eigenvalue weighted by molar-refractivity contribution is -0.198. The second kappa shape index (κ2) is 8.68. The molecule has 0 aromatic rings. The first-order chi connectivity index (χ1) is 9.90. The molecule has 3 rings (SSSR count). The van der Waals surface area contributed by atoms with Crippen LogP contribution in [0.4, 0.5) is 0 Å². The molecule has 0 bridgehead atoms. The lowest BCUT2D eigenvalue weighted by Gasteiger charge is -2.18. The smallest absolute Gasteiger partial charge is 0.373 e. The fourth-order valence-corrected chi connectivity index (χ4v) is 1.89. The molecule has 3 aliphatic rings. The summed E-state index contributed by atoms with van der Waals surface area (Å²) in [5, 5.41) is 0. The molecule has 0 N–H and O–H groups in total. The summed E-state index contributed by atoms with van der Waals surface area (Å²) in [5.41, 5.74) is 0. The highest BCUT2D eigenvalue weighted by Gasteiger charge is 2.48. The first-order valence-corrected chi connectivity index (χ1v) is 6.07. The van der Waals surface area contributed by atoms with E-state index in [2.05, 4.69) is 4.74 Å². The van der Waals surface area contributed by atoms with E-state index >= 15 is 0 Å². The van der Waals surface area contributed by atoms with Crippen molar-refractivity contribution in [3.63, 3.8) is 0 Å². The van der Waals surface area contributed by atoms with Crippen molar-refractivity contribution in [1.29, 1.82) is 0 Å². The van der Waals surface area contributed by atoms with Crippen LogP contribution in [0.3, 0.4) is 0 Å². The van der Waals surface area contributed by atoms with E-state index in [1.807, 2.05) is 0 Å². The maximum Gasteiger partial charge on any atom is 0.373 e. The molecular weight excluding hydrogens is 300 g/mol. The lowest BCUT2D eigenvalue weighted by Crippen LogP contribution is -2.27. The van der Waals surface area contributed by atoms with Gasteiger partial charge in [-0.25, -0.2) is 0 Å². The van der Waals surface area contributed by atoms with E-state index < -0.39 is 17.7 Å². The molecule has 1 spiro atoms. The molecule has 3 saturated heterocycles. The van der Waals surface area contributed by atoms with Gasteiger partial charge in [-0.2, -0.15) is 9.59 Å². The molecule has 0 radical (unpaired) electrons. The number of carbonyl (C=O) groups is 4. The molecule has 0 atom stereocenters. The normalized spacial score (nSPS) is 20.4. The van der Waals surface area contributed by atoms with Crippen LogP contribution in [-0.2, 0) is 43.0 Å². The Hall–Kier alpha value is -2.54. The van der Waals surface area contributed by atoms with E-state index in [0.29, 0.717) is 25.7 Å². The second-order valence-corrected chi connectivity index (χ2v) is 4.29. The first-order valence-electron chi connectivity index (χ1n) is 6.07. The molecule has 22 heavy (non-hydrogen) atoms. The molecule has 0 aliphatic carbocycles. The van der Waals surface area contributed by atoms with E-state index in [1.165, 1.54) is 0 Å². The van der Waals surface area contributed by atoms with Gasteiger partial charge in [-0.3, -0.25) is 19.2 Å². The number of hydrogen-bond acceptors (Lipinski definition) is 9. The zero-order valence-corrected chi connectivity index (χ0v) is 10.9. The highest BCUT2D eigenvalue weighted by atomic mass is 16.7. The summed E-state index contributed by atoms with van der Waals surface area (Å²) in [6.45, 7) is 0. The van der Waals surface area contributed by atoms with Gasteiger partial charge in [0.25, 0.3) is 5.79 Å². The van der Waals surface area contributed by atoms with Gasteiger partial charge in [0.15, 0.2) is 0 Å². The van der Waals surface area contributed by atoms with Crippen molar-refractivity contribution in [1.82, 2.24) is 0 Å². The van der Waals surface area contributed by atoms with Gasteiger partial charge >= 0.3 is 30.0 Å². The number of carbonyl (C=O) groups excluding carboxylic acids is 6. The fourth-order valence-electron chi connectivity index (χ4n) is 1.89. The SMILES string of the molecule is C.O=C1CCC(=O)O1.O=C1CCC2(CCC(=O)O2)O1.O=C=O.[2HH]. The van der Waals surface area contributed by atoms with Crippen molar-refractivity contribution in [2.75, 3.05) is 0 Å². The number of cyclic esters (lactones) is 2. The third kappa shape index (κ3) is 5.84. The average molecular weight is 319 g/mol. The Bertz CT molecular complexity index is 456. The van der Waals surface area contributed by atoms with Gasteiger partial charge < -0.3 is 14.2 Å². The van der Waals surface area contributed by atoms with Crippen LogP contribution in [0.2, 0.25) is 0 Å². The van der Waals surface area contributed by atoms with E-state index in [4.69, 9.17) is 19.1 Å². The summed E-state index contributed by atoms with van der Waals surface area (Å²) in [6, 6.07) is 0. The predicted molar refractivity (Wildman–Crippen MR) is 67.6 cm³/mol. The van der Waals surface area contributed by atoms with Crippen molar-refractivity contribution in [3.05, 3.63) is 0 Å². The first kappa shape index (κ1) is 19.5. The van der Waals surface area contributed by atoms with Crippen molar-refractivity contribution in [2.24, 2.45) is 0 Å². The molecule has 0 saturated carbocycles. The Balaban J connectivity index is 0. The van der Waals surface area contributed by atoms with Crippen LogP contribution in [-0.4, -0.2) is 35.8 Å². The third-order valence-electron chi connectivity index (χ3n) is 2.78. The molecule has 0 aromatic carbocycles. The molecular formula is C13H18O9. The molecule has 0 amide bonds. The minimum absolute atomic E-state index is 0. The molecule has 3 heterocycles. The van der Waals surface area contributed by atoms with Crippen LogP contribution in [0.15, 0.2) is 0 Å². The Morgan fingerprint density at radius 3 is 1.32 bits per heavy atom. The molecule has 0 aromatic heterocycles. The molecule has 3 aliphatic heterocycles. The topological polar surface area (TPSA) is 130 Å². The second-order valence-electron chi connectivity index (χ2n) is 4.29. The number of esters is 4. The zero-order valence-electron chi connectivity index (χ0n) is 10.9. The molecule has 0 unspecified atom stereocenters. The standard InChI is InChI=1S/C7H8O4.C4H4O3.CO2.CH4.H2/c8-5-1-3-7(10-5)4-2-6(9)11-7;5-3-1-2-4(6)7-3;2-1-3;;/h1-4H2;1-2H2;;1H4;1H/i;;;;1+1. The van der Waals surface area contributed by atoms with Crippen LogP contribution in [0.25, 0.3) is 0 Å². The summed E-state index contributed by atoms with van der Waals surface area (Å²) in [4.78, 5) is 57.7. The van der Waals surface area contributed by atoms with Crippen LogP contribution in [0.1, 0.15) is 47.4 Å². The van der Waals surface area contributed by atoms with Gasteiger partial charge in [-0.15, -0.1) is 0 Å². The van der Waals surface area contributed by atoms with E-state index in [9.17, 15) is 19.2 Å². The third-order valence-corrected chi connectivity index (χ3v) is 2.78. The Labute approximate surface area is 127 Å². The quantitative estimate of drug-likeness (QED) is 0.462. The largest absolute Gasteiger partial charge is 0.422 e. The van der Waals surface area contributed by atoms with Crippen LogP contribution < -0.4 is 0 Å². The Morgan fingerprint density at radius 1 is 0.773 bits per heavy atom. The van der Waals surface area contributed by atoms with Gasteiger partial charge in [-0.1, -0.05) is 7.43 Å². The van der Waals surface area contributed by atoms with E-state index in [-0.39, 0.29) is 39.8 Å². The number of hydrogen-bond donors (Lipinski definition) is 0. The van der Waals surface area contributed by atoms with E-state index in [0.717, 1.165) is 0 Å². The van der Waals surface area contributed by atoms with Crippen LogP contribution in [0, 0.1) is 0 Å². The highest BCUT2D eigenvalue weighted by molar-refractivity contribution is 5.92. The van der Waals surface area contributed by atoms with Gasteiger partial charge in [0, 0.05) is 14.3 Å².